The molecule has 0 fully saturated rings. The molecule has 0 aliphatic rings. The molecule has 0 aromatic carbocycles. The zero-order chi connectivity index (χ0) is 9.97. The number of thioether (sulfide) groups is 1. The predicted octanol–water partition coefficient (Wildman–Crippen LogP) is 2.75. The maximum atomic E-state index is 4.20. The number of thiophene rings is 1. The standard InChI is InChI=1S/C9H11N3S2/c1-3-12-8(7-5-4-6-14-7)10-11-9(12)13-2/h4-6H,3H2,1-2H3. The summed E-state index contributed by atoms with van der Waals surface area (Å²) in [6, 6.07) is 4.11. The first kappa shape index (κ1) is 9.73. The Hall–Kier alpha value is -0.810. The average molecular weight is 225 g/mol. The van der Waals surface area contributed by atoms with E-state index in [1.54, 1.807) is 23.1 Å². The van der Waals surface area contributed by atoms with E-state index in [9.17, 15) is 0 Å². The lowest BCUT2D eigenvalue weighted by Gasteiger charge is -2.03. The molecule has 2 rings (SSSR count). The number of hydrogen-bond donors (Lipinski definition) is 0. The summed E-state index contributed by atoms with van der Waals surface area (Å²) in [5, 5.41) is 11.4. The van der Waals surface area contributed by atoms with Crippen LogP contribution in [0.4, 0.5) is 0 Å². The van der Waals surface area contributed by atoms with Gasteiger partial charge in [0.05, 0.1) is 4.88 Å². The van der Waals surface area contributed by atoms with Crippen molar-refractivity contribution < 1.29 is 0 Å². The fourth-order valence-electron chi connectivity index (χ4n) is 1.31. The van der Waals surface area contributed by atoms with E-state index in [1.807, 2.05) is 12.3 Å². The molecule has 3 nitrogen and oxygen atoms in total. The van der Waals surface area contributed by atoms with Gasteiger partial charge in [0.25, 0.3) is 0 Å². The molecule has 0 aliphatic carbocycles. The first-order chi connectivity index (χ1) is 6.86. The van der Waals surface area contributed by atoms with Crippen molar-refractivity contribution in [2.75, 3.05) is 6.26 Å². The molecular formula is C9H11N3S2. The molecule has 0 saturated heterocycles. The van der Waals surface area contributed by atoms with E-state index in [0.29, 0.717) is 0 Å². The smallest absolute Gasteiger partial charge is 0.191 e. The van der Waals surface area contributed by atoms with Crippen LogP contribution in [0.25, 0.3) is 10.7 Å². The Kier molecular flexibility index (Phi) is 2.88. The number of nitrogens with zero attached hydrogens (tertiary/aromatic N) is 3. The second kappa shape index (κ2) is 4.14. The van der Waals surface area contributed by atoms with Crippen molar-refractivity contribution in [1.82, 2.24) is 14.8 Å². The molecule has 0 bridgehead atoms. The molecular weight excluding hydrogens is 214 g/mol. The number of aromatic nitrogens is 3. The van der Waals surface area contributed by atoms with Gasteiger partial charge in [0.1, 0.15) is 0 Å². The quantitative estimate of drug-likeness (QED) is 0.753. The third-order valence-corrected chi connectivity index (χ3v) is 3.49. The minimum absolute atomic E-state index is 0.913. The Morgan fingerprint density at radius 1 is 1.50 bits per heavy atom. The van der Waals surface area contributed by atoms with Crippen LogP contribution in [-0.2, 0) is 6.54 Å². The van der Waals surface area contributed by atoms with E-state index in [4.69, 9.17) is 0 Å². The molecule has 0 amide bonds. The fraction of sp³-hybridized carbons (Fsp3) is 0.333. The molecule has 2 aromatic rings. The molecule has 0 radical (unpaired) electrons. The summed E-state index contributed by atoms with van der Waals surface area (Å²) in [5.74, 6) is 0.979. The molecule has 74 valence electrons. The highest BCUT2D eigenvalue weighted by Gasteiger charge is 2.11. The Labute approximate surface area is 91.2 Å². The second-order valence-corrected chi connectivity index (χ2v) is 4.45. The highest BCUT2D eigenvalue weighted by atomic mass is 32.2. The molecule has 0 unspecified atom stereocenters. The maximum absolute atomic E-state index is 4.20. The third-order valence-electron chi connectivity index (χ3n) is 1.96. The molecule has 5 heteroatoms. The van der Waals surface area contributed by atoms with Crippen molar-refractivity contribution in [2.24, 2.45) is 0 Å². The summed E-state index contributed by atoms with van der Waals surface area (Å²) in [7, 11) is 0. The van der Waals surface area contributed by atoms with Crippen molar-refractivity contribution in [3.05, 3.63) is 17.5 Å². The van der Waals surface area contributed by atoms with Gasteiger partial charge in [0.15, 0.2) is 11.0 Å². The Balaban J connectivity index is 2.48. The fourth-order valence-corrected chi connectivity index (χ4v) is 2.59. The monoisotopic (exact) mass is 225 g/mol. The molecule has 0 spiro atoms. The van der Waals surface area contributed by atoms with E-state index >= 15 is 0 Å². The zero-order valence-electron chi connectivity index (χ0n) is 8.10. The summed E-state index contributed by atoms with van der Waals surface area (Å²) >= 11 is 3.33. The van der Waals surface area contributed by atoms with Crippen molar-refractivity contribution in [2.45, 2.75) is 18.6 Å². The molecule has 2 heterocycles. The van der Waals surface area contributed by atoms with Crippen LogP contribution >= 0.6 is 23.1 Å². The third kappa shape index (κ3) is 1.57. The minimum atomic E-state index is 0.913. The maximum Gasteiger partial charge on any atom is 0.191 e. The summed E-state index contributed by atoms with van der Waals surface area (Å²) in [6.45, 7) is 3.02. The second-order valence-electron chi connectivity index (χ2n) is 2.73. The van der Waals surface area contributed by atoms with Gasteiger partial charge >= 0.3 is 0 Å². The first-order valence-corrected chi connectivity index (χ1v) is 6.48. The largest absolute Gasteiger partial charge is 0.302 e. The predicted molar refractivity (Wildman–Crippen MR) is 60.8 cm³/mol. The van der Waals surface area contributed by atoms with E-state index in [1.165, 1.54) is 4.88 Å². The van der Waals surface area contributed by atoms with Gasteiger partial charge in [0, 0.05) is 6.54 Å². The Bertz CT molecular complexity index is 406. The van der Waals surface area contributed by atoms with Crippen LogP contribution in [0.1, 0.15) is 6.92 Å². The van der Waals surface area contributed by atoms with Crippen LogP contribution in [-0.4, -0.2) is 21.0 Å². The van der Waals surface area contributed by atoms with Gasteiger partial charge < -0.3 is 4.57 Å². The Morgan fingerprint density at radius 2 is 2.36 bits per heavy atom. The lowest BCUT2D eigenvalue weighted by molar-refractivity contribution is 0.689. The Morgan fingerprint density at radius 3 is 2.93 bits per heavy atom. The van der Waals surface area contributed by atoms with Crippen LogP contribution in [0.5, 0.6) is 0 Å². The van der Waals surface area contributed by atoms with Gasteiger partial charge in [-0.15, -0.1) is 21.5 Å². The van der Waals surface area contributed by atoms with Crippen LogP contribution < -0.4 is 0 Å². The van der Waals surface area contributed by atoms with Gasteiger partial charge in [-0.25, -0.2) is 0 Å². The molecule has 0 atom stereocenters. The molecule has 2 aromatic heterocycles. The zero-order valence-corrected chi connectivity index (χ0v) is 9.73. The minimum Gasteiger partial charge on any atom is -0.302 e. The van der Waals surface area contributed by atoms with Gasteiger partial charge in [-0.3, -0.25) is 0 Å². The van der Waals surface area contributed by atoms with E-state index in [2.05, 4.69) is 33.1 Å². The molecule has 0 aliphatic heterocycles. The van der Waals surface area contributed by atoms with Crippen molar-refractivity contribution in [3.63, 3.8) is 0 Å². The van der Waals surface area contributed by atoms with Crippen LogP contribution in [0.3, 0.4) is 0 Å². The summed E-state index contributed by atoms with van der Waals surface area (Å²) in [5.41, 5.74) is 0. The van der Waals surface area contributed by atoms with E-state index < -0.39 is 0 Å². The van der Waals surface area contributed by atoms with Crippen LogP contribution in [0.15, 0.2) is 22.7 Å². The van der Waals surface area contributed by atoms with Gasteiger partial charge in [-0.05, 0) is 24.6 Å². The van der Waals surface area contributed by atoms with Crippen LogP contribution in [0.2, 0.25) is 0 Å². The van der Waals surface area contributed by atoms with E-state index in [-0.39, 0.29) is 0 Å². The van der Waals surface area contributed by atoms with Crippen LogP contribution in [0, 0.1) is 0 Å². The van der Waals surface area contributed by atoms with Crippen molar-refractivity contribution in [3.8, 4) is 10.7 Å². The normalized spacial score (nSPS) is 10.7. The van der Waals surface area contributed by atoms with Crippen molar-refractivity contribution in [1.29, 1.82) is 0 Å². The van der Waals surface area contributed by atoms with Gasteiger partial charge in [-0.1, -0.05) is 17.8 Å². The number of rotatable bonds is 3. The first-order valence-electron chi connectivity index (χ1n) is 4.38. The van der Waals surface area contributed by atoms with Crippen molar-refractivity contribution >= 4 is 23.1 Å². The van der Waals surface area contributed by atoms with Gasteiger partial charge in [-0.2, -0.15) is 0 Å². The highest BCUT2D eigenvalue weighted by molar-refractivity contribution is 7.98. The molecule has 0 N–H and O–H groups in total. The average Bonchev–Trinajstić information content (AvgIpc) is 2.85. The summed E-state index contributed by atoms with van der Waals surface area (Å²) in [6.07, 6.45) is 2.02. The van der Waals surface area contributed by atoms with Gasteiger partial charge in [0.2, 0.25) is 0 Å². The summed E-state index contributed by atoms with van der Waals surface area (Å²) in [4.78, 5) is 1.18. The topological polar surface area (TPSA) is 30.7 Å². The number of hydrogen-bond acceptors (Lipinski definition) is 4. The lowest BCUT2D eigenvalue weighted by atomic mass is 10.4. The SMILES string of the molecule is CCn1c(SC)nnc1-c1cccs1. The molecule has 14 heavy (non-hydrogen) atoms. The highest BCUT2D eigenvalue weighted by Crippen LogP contribution is 2.25. The lowest BCUT2D eigenvalue weighted by Crippen LogP contribution is -1.97. The summed E-state index contributed by atoms with van der Waals surface area (Å²) < 4.78 is 2.14. The van der Waals surface area contributed by atoms with E-state index in [0.717, 1.165) is 17.5 Å². The molecule has 0 saturated carbocycles.